The van der Waals surface area contributed by atoms with Gasteiger partial charge in [-0.15, -0.1) is 0 Å². The Morgan fingerprint density at radius 3 is 2.53 bits per heavy atom. The third kappa shape index (κ3) is 2.58. The molecule has 0 bridgehead atoms. The van der Waals surface area contributed by atoms with Crippen LogP contribution in [0.4, 0.5) is 4.39 Å². The molecule has 19 heavy (non-hydrogen) atoms. The number of nitrogens with zero attached hydrogens (tertiary/aromatic N) is 2. The topological polar surface area (TPSA) is 29.9 Å². The Balaban J connectivity index is 2.49. The molecule has 102 valence electrons. The van der Waals surface area contributed by atoms with Crippen LogP contribution in [0.15, 0.2) is 22.7 Å². The Kier molecular flexibility index (Phi) is 4.06. The van der Waals surface area contributed by atoms with E-state index in [1.807, 2.05) is 33.9 Å². The zero-order chi connectivity index (χ0) is 14.2. The van der Waals surface area contributed by atoms with Crippen molar-refractivity contribution in [2.75, 3.05) is 7.05 Å². The van der Waals surface area contributed by atoms with E-state index < -0.39 is 0 Å². The van der Waals surface area contributed by atoms with Gasteiger partial charge in [-0.2, -0.15) is 5.10 Å². The number of halogens is 2. The maximum Gasteiger partial charge on any atom is 0.149 e. The predicted octanol–water partition coefficient (Wildman–Crippen LogP) is 3.67. The molecule has 0 saturated heterocycles. The molecule has 1 N–H and O–H groups in total. The molecule has 0 aliphatic heterocycles. The first kappa shape index (κ1) is 14.2. The van der Waals surface area contributed by atoms with Gasteiger partial charge in [-0.1, -0.05) is 6.07 Å². The van der Waals surface area contributed by atoms with Gasteiger partial charge in [-0.3, -0.25) is 0 Å². The maximum atomic E-state index is 14.2. The average Bonchev–Trinajstić information content (AvgIpc) is 2.65. The fraction of sp³-hybridized carbons (Fsp3) is 0.357. The molecule has 0 amide bonds. The lowest BCUT2D eigenvalue weighted by molar-refractivity contribution is 0.593. The second kappa shape index (κ2) is 5.43. The molecule has 3 nitrogen and oxygen atoms in total. The second-order valence-electron chi connectivity index (χ2n) is 4.62. The van der Waals surface area contributed by atoms with Crippen LogP contribution >= 0.6 is 15.9 Å². The van der Waals surface area contributed by atoms with Gasteiger partial charge in [0.05, 0.1) is 15.9 Å². The molecule has 1 aromatic carbocycles. The Labute approximate surface area is 121 Å². The van der Waals surface area contributed by atoms with Crippen LogP contribution in [0, 0.1) is 19.7 Å². The lowest BCUT2D eigenvalue weighted by Crippen LogP contribution is -2.13. The highest BCUT2D eigenvalue weighted by Gasteiger charge is 2.14. The standard InChI is InChI=1S/C14H17BrFN3/c1-8(17-4)11-5-6-13(12(16)7-11)19-10(3)14(15)9(2)18-19/h5-8,17H,1-4H3. The molecule has 1 unspecified atom stereocenters. The predicted molar refractivity (Wildman–Crippen MR) is 78.2 cm³/mol. The molecule has 0 saturated carbocycles. The average molecular weight is 326 g/mol. The Morgan fingerprint density at radius 1 is 1.37 bits per heavy atom. The third-order valence-corrected chi connectivity index (χ3v) is 4.48. The number of aryl methyl sites for hydroxylation is 1. The molecule has 1 heterocycles. The van der Waals surface area contributed by atoms with Crippen LogP contribution in [0.3, 0.4) is 0 Å². The van der Waals surface area contributed by atoms with Crippen molar-refractivity contribution in [2.45, 2.75) is 26.8 Å². The van der Waals surface area contributed by atoms with Gasteiger partial charge in [0.15, 0.2) is 0 Å². The molecule has 2 aromatic rings. The first-order valence-corrected chi connectivity index (χ1v) is 6.93. The smallest absolute Gasteiger partial charge is 0.149 e. The number of hydrogen-bond acceptors (Lipinski definition) is 2. The van der Waals surface area contributed by atoms with Gasteiger partial charge in [0.25, 0.3) is 0 Å². The van der Waals surface area contributed by atoms with Gasteiger partial charge in [0, 0.05) is 6.04 Å². The van der Waals surface area contributed by atoms with Gasteiger partial charge in [0.1, 0.15) is 11.5 Å². The molecule has 0 aliphatic rings. The van der Waals surface area contributed by atoms with E-state index in [4.69, 9.17) is 0 Å². The summed E-state index contributed by atoms with van der Waals surface area (Å²) in [5.41, 5.74) is 3.14. The largest absolute Gasteiger partial charge is 0.313 e. The molecular weight excluding hydrogens is 309 g/mol. The second-order valence-corrected chi connectivity index (χ2v) is 5.41. The van der Waals surface area contributed by atoms with E-state index in [0.29, 0.717) is 5.69 Å². The Hall–Kier alpha value is -1.20. The number of nitrogens with one attached hydrogen (secondary N) is 1. The SMILES string of the molecule is CNC(C)c1ccc(-n2nc(C)c(Br)c2C)c(F)c1. The minimum Gasteiger partial charge on any atom is -0.313 e. The monoisotopic (exact) mass is 325 g/mol. The summed E-state index contributed by atoms with van der Waals surface area (Å²) in [6.45, 7) is 5.80. The summed E-state index contributed by atoms with van der Waals surface area (Å²) in [5.74, 6) is -0.266. The number of benzene rings is 1. The Morgan fingerprint density at radius 2 is 2.05 bits per heavy atom. The highest BCUT2D eigenvalue weighted by Crippen LogP contribution is 2.25. The summed E-state index contributed by atoms with van der Waals surface area (Å²) in [6.07, 6.45) is 0. The molecule has 0 spiro atoms. The van der Waals surface area contributed by atoms with Crippen molar-refractivity contribution in [3.8, 4) is 5.69 Å². The number of rotatable bonds is 3. The summed E-state index contributed by atoms with van der Waals surface area (Å²) < 4.78 is 16.8. The molecule has 0 aliphatic carbocycles. The minimum absolute atomic E-state index is 0.121. The molecular formula is C14H17BrFN3. The van der Waals surface area contributed by atoms with Gasteiger partial charge < -0.3 is 5.32 Å². The number of aromatic nitrogens is 2. The van der Waals surface area contributed by atoms with E-state index in [1.54, 1.807) is 16.8 Å². The first-order valence-electron chi connectivity index (χ1n) is 6.14. The quantitative estimate of drug-likeness (QED) is 0.933. The molecule has 1 atom stereocenters. The van der Waals surface area contributed by atoms with Gasteiger partial charge in [-0.05, 0) is 61.4 Å². The van der Waals surface area contributed by atoms with Crippen LogP contribution in [0.25, 0.3) is 5.69 Å². The van der Waals surface area contributed by atoms with E-state index in [0.717, 1.165) is 21.4 Å². The highest BCUT2D eigenvalue weighted by molar-refractivity contribution is 9.10. The molecule has 0 fully saturated rings. The van der Waals surface area contributed by atoms with E-state index in [9.17, 15) is 4.39 Å². The fourth-order valence-electron chi connectivity index (χ4n) is 1.99. The van der Waals surface area contributed by atoms with Crippen molar-refractivity contribution in [3.63, 3.8) is 0 Å². The van der Waals surface area contributed by atoms with Crippen molar-refractivity contribution < 1.29 is 4.39 Å². The van der Waals surface area contributed by atoms with Gasteiger partial charge in [-0.25, -0.2) is 9.07 Å². The molecule has 5 heteroatoms. The molecule has 1 aromatic heterocycles. The van der Waals surface area contributed by atoms with Crippen molar-refractivity contribution in [2.24, 2.45) is 0 Å². The minimum atomic E-state index is -0.266. The van der Waals surface area contributed by atoms with Gasteiger partial charge >= 0.3 is 0 Å². The van der Waals surface area contributed by atoms with Crippen LogP contribution in [0.5, 0.6) is 0 Å². The van der Waals surface area contributed by atoms with Crippen LogP contribution < -0.4 is 5.32 Å². The molecule has 2 rings (SSSR count). The fourth-order valence-corrected chi connectivity index (χ4v) is 2.24. The van der Waals surface area contributed by atoms with Crippen LogP contribution in [0.1, 0.15) is 29.9 Å². The van der Waals surface area contributed by atoms with Crippen molar-refractivity contribution >= 4 is 15.9 Å². The van der Waals surface area contributed by atoms with Crippen LogP contribution in [-0.4, -0.2) is 16.8 Å². The Bertz CT molecular complexity index is 607. The van der Waals surface area contributed by atoms with Crippen molar-refractivity contribution in [1.82, 2.24) is 15.1 Å². The highest BCUT2D eigenvalue weighted by atomic mass is 79.9. The zero-order valence-corrected chi connectivity index (χ0v) is 13.0. The summed E-state index contributed by atoms with van der Waals surface area (Å²) in [4.78, 5) is 0. The van der Waals surface area contributed by atoms with Crippen LogP contribution in [-0.2, 0) is 0 Å². The maximum absolute atomic E-state index is 14.2. The van der Waals surface area contributed by atoms with Crippen LogP contribution in [0.2, 0.25) is 0 Å². The third-order valence-electron chi connectivity index (χ3n) is 3.34. The lowest BCUT2D eigenvalue weighted by atomic mass is 10.1. The normalized spacial score (nSPS) is 12.7. The molecule has 0 radical (unpaired) electrons. The number of hydrogen-bond donors (Lipinski definition) is 1. The zero-order valence-electron chi connectivity index (χ0n) is 11.5. The van der Waals surface area contributed by atoms with E-state index >= 15 is 0 Å². The van der Waals surface area contributed by atoms with E-state index in [2.05, 4.69) is 26.3 Å². The van der Waals surface area contributed by atoms with Crippen molar-refractivity contribution in [1.29, 1.82) is 0 Å². The lowest BCUT2D eigenvalue weighted by Gasteiger charge is -2.13. The van der Waals surface area contributed by atoms with Gasteiger partial charge in [0.2, 0.25) is 0 Å². The summed E-state index contributed by atoms with van der Waals surface area (Å²) in [6, 6.07) is 5.37. The first-order chi connectivity index (χ1) is 8.95. The van der Waals surface area contributed by atoms with Crippen molar-refractivity contribution in [3.05, 3.63) is 45.4 Å². The van der Waals surface area contributed by atoms with E-state index in [-0.39, 0.29) is 11.9 Å². The van der Waals surface area contributed by atoms with E-state index in [1.165, 1.54) is 0 Å². The summed E-state index contributed by atoms with van der Waals surface area (Å²) in [5, 5.41) is 7.45. The summed E-state index contributed by atoms with van der Waals surface area (Å²) >= 11 is 3.45. The summed E-state index contributed by atoms with van der Waals surface area (Å²) in [7, 11) is 1.86.